The van der Waals surface area contributed by atoms with Gasteiger partial charge in [0.25, 0.3) is 5.91 Å². The van der Waals surface area contributed by atoms with Crippen molar-refractivity contribution in [2.45, 2.75) is 0 Å². The summed E-state index contributed by atoms with van der Waals surface area (Å²) in [5.74, 6) is -1.45. The second-order valence-corrected chi connectivity index (χ2v) is 5.06. The minimum absolute atomic E-state index is 0.0741. The molecule has 1 amide bonds. The third-order valence-corrected chi connectivity index (χ3v) is 3.32. The van der Waals surface area contributed by atoms with Crippen LogP contribution in [0.15, 0.2) is 78.9 Å². The molecule has 0 heterocycles. The van der Waals surface area contributed by atoms with Gasteiger partial charge in [0.1, 0.15) is 11.6 Å². The number of nitrogens with two attached hydrogens (primary N) is 1. The van der Waals surface area contributed by atoms with Crippen molar-refractivity contribution in [1.82, 2.24) is 0 Å². The molecule has 0 aliphatic rings. The predicted octanol–water partition coefficient (Wildman–Crippen LogP) is 3.55. The van der Waals surface area contributed by atoms with Crippen molar-refractivity contribution in [3.8, 4) is 5.75 Å². The first-order chi connectivity index (χ1) is 12.0. The maximum atomic E-state index is 13.3. The second-order valence-electron chi connectivity index (χ2n) is 5.06. The zero-order chi connectivity index (χ0) is 18.2. The molecule has 0 unspecified atom stereocenters. The number of amides is 1. The minimum atomic E-state index is -0.613. The van der Waals surface area contributed by atoms with Gasteiger partial charge in [0.05, 0.1) is 11.1 Å². The summed E-state index contributed by atoms with van der Waals surface area (Å²) in [6.07, 6.45) is 0. The number of hydrogen-bond acceptors (Lipinski definition) is 3. The standard InChI is InChI=1S/C13H9FO.C7H7NO2/c14-12-9-5-4-8-11(12)13(15)10-6-2-1-3-7-10;8-7(10)5-3-1-2-4-6(5)9/h1-9H;1-4,9H,(H2,8,10). The molecule has 0 saturated heterocycles. The number of benzene rings is 3. The van der Waals surface area contributed by atoms with Gasteiger partial charge in [-0.05, 0) is 24.3 Å². The summed E-state index contributed by atoms with van der Waals surface area (Å²) in [6, 6.07) is 20.8. The number of hydrogen-bond donors (Lipinski definition) is 2. The van der Waals surface area contributed by atoms with E-state index < -0.39 is 11.7 Å². The summed E-state index contributed by atoms with van der Waals surface area (Å²) in [4.78, 5) is 22.3. The van der Waals surface area contributed by atoms with Crippen LogP contribution in [0.1, 0.15) is 26.3 Å². The molecule has 25 heavy (non-hydrogen) atoms. The Kier molecular flexibility index (Phi) is 6.01. The van der Waals surface area contributed by atoms with Crippen LogP contribution < -0.4 is 5.73 Å². The van der Waals surface area contributed by atoms with Crippen LogP contribution in [0.2, 0.25) is 0 Å². The summed E-state index contributed by atoms with van der Waals surface area (Å²) in [5.41, 5.74) is 5.69. The maximum absolute atomic E-state index is 13.3. The van der Waals surface area contributed by atoms with Gasteiger partial charge in [-0.3, -0.25) is 9.59 Å². The number of para-hydroxylation sites is 1. The van der Waals surface area contributed by atoms with E-state index in [2.05, 4.69) is 0 Å². The monoisotopic (exact) mass is 337 g/mol. The third kappa shape index (κ3) is 4.75. The fraction of sp³-hybridized carbons (Fsp3) is 0. The predicted molar refractivity (Wildman–Crippen MR) is 92.9 cm³/mol. The van der Waals surface area contributed by atoms with Gasteiger partial charge >= 0.3 is 0 Å². The van der Waals surface area contributed by atoms with Gasteiger partial charge in [-0.2, -0.15) is 0 Å². The molecule has 0 spiro atoms. The van der Waals surface area contributed by atoms with Gasteiger partial charge in [-0.15, -0.1) is 0 Å². The Bertz CT molecular complexity index is 879. The van der Waals surface area contributed by atoms with Crippen LogP contribution in [0, 0.1) is 5.82 Å². The van der Waals surface area contributed by atoms with Crippen molar-refractivity contribution >= 4 is 11.7 Å². The Morgan fingerprint density at radius 3 is 1.80 bits per heavy atom. The molecular weight excluding hydrogens is 321 g/mol. The smallest absolute Gasteiger partial charge is 0.252 e. The van der Waals surface area contributed by atoms with Gasteiger partial charge in [0, 0.05) is 5.56 Å². The van der Waals surface area contributed by atoms with Crippen molar-refractivity contribution in [3.63, 3.8) is 0 Å². The van der Waals surface area contributed by atoms with Gasteiger partial charge in [-0.1, -0.05) is 54.6 Å². The van der Waals surface area contributed by atoms with Crippen LogP contribution in [0.3, 0.4) is 0 Å². The summed E-state index contributed by atoms with van der Waals surface area (Å²) < 4.78 is 13.3. The molecule has 0 aliphatic heterocycles. The van der Waals surface area contributed by atoms with Gasteiger partial charge in [-0.25, -0.2) is 4.39 Å². The molecule has 3 N–H and O–H groups in total. The molecule has 3 rings (SSSR count). The van der Waals surface area contributed by atoms with E-state index in [9.17, 15) is 14.0 Å². The molecule has 5 heteroatoms. The van der Waals surface area contributed by atoms with E-state index in [1.807, 2.05) is 6.07 Å². The summed E-state index contributed by atoms with van der Waals surface area (Å²) in [7, 11) is 0. The quantitative estimate of drug-likeness (QED) is 0.717. The van der Waals surface area contributed by atoms with Crippen LogP contribution in [0.25, 0.3) is 0 Å². The topological polar surface area (TPSA) is 80.4 Å². The number of primary amides is 1. The Balaban J connectivity index is 0.000000196. The van der Waals surface area contributed by atoms with Crippen LogP contribution in [0.5, 0.6) is 5.75 Å². The lowest BCUT2D eigenvalue weighted by Crippen LogP contribution is -2.10. The fourth-order valence-corrected chi connectivity index (χ4v) is 2.07. The van der Waals surface area contributed by atoms with Crippen molar-refractivity contribution < 1.29 is 19.1 Å². The number of phenols is 1. The van der Waals surface area contributed by atoms with Crippen molar-refractivity contribution in [3.05, 3.63) is 101 Å². The SMILES string of the molecule is NC(=O)c1ccccc1O.O=C(c1ccccc1)c1ccccc1F. The summed E-state index contributed by atoms with van der Waals surface area (Å²) >= 11 is 0. The number of rotatable bonds is 3. The number of aromatic hydroxyl groups is 1. The van der Waals surface area contributed by atoms with E-state index in [-0.39, 0.29) is 22.7 Å². The molecule has 0 bridgehead atoms. The van der Waals surface area contributed by atoms with E-state index >= 15 is 0 Å². The highest BCUT2D eigenvalue weighted by Gasteiger charge is 2.12. The molecular formula is C20H16FNO3. The summed E-state index contributed by atoms with van der Waals surface area (Å²) in [5, 5.41) is 8.98. The third-order valence-electron chi connectivity index (χ3n) is 3.32. The lowest BCUT2D eigenvalue weighted by molar-refractivity contribution is 0.0995. The van der Waals surface area contributed by atoms with Crippen molar-refractivity contribution in [2.75, 3.05) is 0 Å². The highest BCUT2D eigenvalue weighted by molar-refractivity contribution is 6.09. The van der Waals surface area contributed by atoms with E-state index in [0.717, 1.165) is 0 Å². The van der Waals surface area contributed by atoms with Crippen LogP contribution in [0.4, 0.5) is 4.39 Å². The Hall–Kier alpha value is -3.47. The average molecular weight is 337 g/mol. The fourth-order valence-electron chi connectivity index (χ4n) is 2.07. The van der Waals surface area contributed by atoms with E-state index in [1.54, 1.807) is 48.5 Å². The summed E-state index contributed by atoms with van der Waals surface area (Å²) in [6.45, 7) is 0. The highest BCUT2D eigenvalue weighted by Crippen LogP contribution is 2.14. The van der Waals surface area contributed by atoms with Crippen molar-refractivity contribution in [1.29, 1.82) is 0 Å². The van der Waals surface area contributed by atoms with Crippen molar-refractivity contribution in [2.24, 2.45) is 5.73 Å². The molecule has 4 nitrogen and oxygen atoms in total. The molecule has 3 aromatic carbocycles. The van der Waals surface area contributed by atoms with Gasteiger partial charge in [0.15, 0.2) is 5.78 Å². The Labute approximate surface area is 144 Å². The van der Waals surface area contributed by atoms with Crippen LogP contribution in [-0.2, 0) is 0 Å². The van der Waals surface area contributed by atoms with E-state index in [0.29, 0.717) is 5.56 Å². The highest BCUT2D eigenvalue weighted by atomic mass is 19.1. The van der Waals surface area contributed by atoms with Crippen LogP contribution in [-0.4, -0.2) is 16.8 Å². The molecule has 0 aromatic heterocycles. The first kappa shape index (κ1) is 17.9. The molecule has 3 aromatic rings. The maximum Gasteiger partial charge on any atom is 0.252 e. The minimum Gasteiger partial charge on any atom is -0.507 e. The van der Waals surface area contributed by atoms with E-state index in [4.69, 9.17) is 10.8 Å². The molecule has 0 atom stereocenters. The molecule has 0 aliphatic carbocycles. The zero-order valence-electron chi connectivity index (χ0n) is 13.2. The number of carbonyl (C=O) groups is 2. The Morgan fingerprint density at radius 1 is 0.760 bits per heavy atom. The number of halogens is 1. The first-order valence-corrected chi connectivity index (χ1v) is 7.42. The van der Waals surface area contributed by atoms with E-state index in [1.165, 1.54) is 24.3 Å². The first-order valence-electron chi connectivity index (χ1n) is 7.42. The second kappa shape index (κ2) is 8.40. The largest absolute Gasteiger partial charge is 0.507 e. The molecule has 126 valence electrons. The lowest BCUT2D eigenvalue weighted by Gasteiger charge is -2.01. The molecule has 0 saturated carbocycles. The molecule has 0 radical (unpaired) electrons. The molecule has 0 fully saturated rings. The van der Waals surface area contributed by atoms with Gasteiger partial charge < -0.3 is 10.8 Å². The van der Waals surface area contributed by atoms with Crippen LogP contribution >= 0.6 is 0 Å². The number of carbonyl (C=O) groups excluding carboxylic acids is 2. The average Bonchev–Trinajstić information content (AvgIpc) is 2.63. The number of ketones is 1. The lowest BCUT2D eigenvalue weighted by atomic mass is 10.0. The Morgan fingerprint density at radius 2 is 1.28 bits per heavy atom. The zero-order valence-corrected chi connectivity index (χ0v) is 13.2. The normalized spacial score (nSPS) is 9.64. The van der Waals surface area contributed by atoms with Gasteiger partial charge in [0.2, 0.25) is 0 Å².